The fourth-order valence-electron chi connectivity index (χ4n) is 3.70. The monoisotopic (exact) mass is 383 g/mol. The quantitative estimate of drug-likeness (QED) is 0.702. The minimum absolute atomic E-state index is 0.208. The van der Waals surface area contributed by atoms with E-state index in [-0.39, 0.29) is 5.56 Å². The highest BCUT2D eigenvalue weighted by Gasteiger charge is 2.22. The van der Waals surface area contributed by atoms with Crippen molar-refractivity contribution in [2.24, 2.45) is 0 Å². The van der Waals surface area contributed by atoms with Crippen molar-refractivity contribution in [1.29, 1.82) is 0 Å². The largest absolute Gasteiger partial charge is 0.465 e. The fraction of sp³-hybridized carbons (Fsp3) is 0.350. The third-order valence-corrected chi connectivity index (χ3v) is 6.18. The van der Waals surface area contributed by atoms with E-state index in [9.17, 15) is 9.59 Å². The van der Waals surface area contributed by atoms with Crippen molar-refractivity contribution >= 4 is 33.2 Å². The summed E-state index contributed by atoms with van der Waals surface area (Å²) in [6.07, 6.45) is 2.15. The van der Waals surface area contributed by atoms with Crippen LogP contribution in [0.3, 0.4) is 0 Å². The number of nitrogens with zero attached hydrogens (tertiary/aromatic N) is 2. The highest BCUT2D eigenvalue weighted by molar-refractivity contribution is 7.20. The van der Waals surface area contributed by atoms with E-state index in [2.05, 4.69) is 40.0 Å². The molecule has 140 valence electrons. The van der Waals surface area contributed by atoms with Crippen LogP contribution in [0.25, 0.3) is 10.2 Å². The van der Waals surface area contributed by atoms with Crippen LogP contribution in [0.2, 0.25) is 0 Å². The average molecular weight is 383 g/mol. The molecule has 0 radical (unpaired) electrons. The average Bonchev–Trinajstić information content (AvgIpc) is 2.98. The molecule has 0 bridgehead atoms. The van der Waals surface area contributed by atoms with Crippen molar-refractivity contribution < 1.29 is 9.53 Å². The number of aromatic nitrogens is 2. The van der Waals surface area contributed by atoms with Crippen LogP contribution in [0.1, 0.15) is 38.6 Å². The number of nitrogens with one attached hydrogen (secondary N) is 1. The number of benzene rings is 1. The first kappa shape index (κ1) is 17.7. The van der Waals surface area contributed by atoms with Crippen LogP contribution in [0, 0.1) is 13.8 Å². The summed E-state index contributed by atoms with van der Waals surface area (Å²) in [6, 6.07) is 6.49. The number of hydrogen-bond acceptors (Lipinski definition) is 6. The van der Waals surface area contributed by atoms with Crippen molar-refractivity contribution in [2.75, 3.05) is 18.6 Å². The lowest BCUT2D eigenvalue weighted by Crippen LogP contribution is -2.30. The Kier molecular flexibility index (Phi) is 4.47. The van der Waals surface area contributed by atoms with Crippen LogP contribution < -0.4 is 10.5 Å². The number of anilines is 1. The van der Waals surface area contributed by atoms with Crippen LogP contribution in [-0.2, 0) is 17.7 Å². The van der Waals surface area contributed by atoms with Crippen molar-refractivity contribution in [1.82, 2.24) is 9.97 Å². The van der Waals surface area contributed by atoms with Crippen molar-refractivity contribution in [3.05, 3.63) is 55.9 Å². The van der Waals surface area contributed by atoms with E-state index in [1.165, 1.54) is 35.3 Å². The summed E-state index contributed by atoms with van der Waals surface area (Å²) in [6.45, 7) is 5.32. The number of aromatic amines is 1. The van der Waals surface area contributed by atoms with Gasteiger partial charge in [0.1, 0.15) is 15.5 Å². The fourth-order valence-corrected chi connectivity index (χ4v) is 4.82. The maximum atomic E-state index is 12.6. The van der Waals surface area contributed by atoms with E-state index in [1.807, 2.05) is 0 Å². The number of rotatable bonds is 3. The normalized spacial score (nSPS) is 13.7. The predicted molar refractivity (Wildman–Crippen MR) is 107 cm³/mol. The first-order valence-electron chi connectivity index (χ1n) is 8.93. The summed E-state index contributed by atoms with van der Waals surface area (Å²) in [4.78, 5) is 35.3. The zero-order valence-electron chi connectivity index (χ0n) is 15.6. The number of esters is 1. The number of hydrogen-bond donors (Lipinski definition) is 1. The van der Waals surface area contributed by atoms with Gasteiger partial charge in [-0.1, -0.05) is 17.7 Å². The number of aryl methyl sites for hydroxylation is 3. The Morgan fingerprint density at radius 3 is 2.96 bits per heavy atom. The van der Waals surface area contributed by atoms with Gasteiger partial charge >= 0.3 is 5.97 Å². The maximum Gasteiger partial charge on any atom is 0.348 e. The molecular weight excluding hydrogens is 362 g/mol. The second kappa shape index (κ2) is 6.81. The molecule has 2 aromatic heterocycles. The molecule has 0 saturated carbocycles. The minimum Gasteiger partial charge on any atom is -0.465 e. The van der Waals surface area contributed by atoms with Crippen molar-refractivity contribution in [3.8, 4) is 0 Å². The SMILES string of the molecule is COC(=O)c1sc2nc(CN3CCCc4cc(C)ccc43)[nH]c(=O)c2c1C. The minimum atomic E-state index is -0.434. The smallest absolute Gasteiger partial charge is 0.348 e. The molecule has 3 aromatic rings. The topological polar surface area (TPSA) is 75.3 Å². The second-order valence-electron chi connectivity index (χ2n) is 6.90. The number of thiophene rings is 1. The standard InChI is InChI=1S/C20H21N3O3S/c1-11-6-7-14-13(9-11)5-4-8-23(14)10-15-21-18(24)16-12(2)17(20(25)26-3)27-19(16)22-15/h6-7,9H,4-5,8,10H2,1-3H3,(H,21,22,24). The van der Waals surface area contributed by atoms with E-state index in [4.69, 9.17) is 4.74 Å². The molecule has 1 aliphatic heterocycles. The first-order chi connectivity index (χ1) is 13.0. The molecule has 7 heteroatoms. The zero-order chi connectivity index (χ0) is 19.1. The molecule has 0 fully saturated rings. The van der Waals surface area contributed by atoms with Crippen LogP contribution in [0.15, 0.2) is 23.0 Å². The molecule has 0 aliphatic carbocycles. The molecule has 0 amide bonds. The molecule has 3 heterocycles. The molecule has 1 aromatic carbocycles. The number of H-pyrrole nitrogens is 1. The molecule has 0 unspecified atom stereocenters. The van der Waals surface area contributed by atoms with E-state index >= 15 is 0 Å². The van der Waals surface area contributed by atoms with E-state index in [0.29, 0.717) is 33.0 Å². The maximum absolute atomic E-state index is 12.6. The van der Waals surface area contributed by atoms with Gasteiger partial charge < -0.3 is 14.6 Å². The molecule has 6 nitrogen and oxygen atoms in total. The molecule has 0 spiro atoms. The first-order valence-corrected chi connectivity index (χ1v) is 9.74. The van der Waals surface area contributed by atoms with Gasteiger partial charge in [-0.25, -0.2) is 9.78 Å². The summed E-state index contributed by atoms with van der Waals surface area (Å²) in [7, 11) is 1.34. The zero-order valence-corrected chi connectivity index (χ0v) is 16.4. The van der Waals surface area contributed by atoms with Gasteiger partial charge in [0.05, 0.1) is 19.0 Å². The van der Waals surface area contributed by atoms with Crippen LogP contribution in [0.5, 0.6) is 0 Å². The third kappa shape index (κ3) is 3.12. The molecule has 1 N–H and O–H groups in total. The number of fused-ring (bicyclic) bond motifs is 2. The number of ether oxygens (including phenoxy) is 1. The summed E-state index contributed by atoms with van der Waals surface area (Å²) in [5.74, 6) is 0.176. The molecule has 1 aliphatic rings. The molecule has 27 heavy (non-hydrogen) atoms. The Labute approximate surface area is 160 Å². The van der Waals surface area contributed by atoms with E-state index in [1.54, 1.807) is 6.92 Å². The van der Waals surface area contributed by atoms with Gasteiger partial charge in [0.25, 0.3) is 5.56 Å². The Morgan fingerprint density at radius 2 is 2.19 bits per heavy atom. The number of carbonyl (C=O) groups is 1. The summed E-state index contributed by atoms with van der Waals surface area (Å²) >= 11 is 1.21. The Hall–Kier alpha value is -2.67. The molecule has 4 rings (SSSR count). The lowest BCUT2D eigenvalue weighted by molar-refractivity contribution is 0.0605. The van der Waals surface area contributed by atoms with Crippen LogP contribution in [-0.4, -0.2) is 29.6 Å². The van der Waals surface area contributed by atoms with Crippen LogP contribution in [0.4, 0.5) is 5.69 Å². The Bertz CT molecular complexity index is 1100. The highest BCUT2D eigenvalue weighted by Crippen LogP contribution is 2.30. The second-order valence-corrected chi connectivity index (χ2v) is 7.90. The summed E-state index contributed by atoms with van der Waals surface area (Å²) in [5.41, 5.74) is 4.21. The van der Waals surface area contributed by atoms with Gasteiger partial charge in [0.2, 0.25) is 0 Å². The summed E-state index contributed by atoms with van der Waals surface area (Å²) in [5, 5.41) is 0.471. The van der Waals surface area contributed by atoms with Gasteiger partial charge in [0, 0.05) is 12.2 Å². The molecular formula is C20H21N3O3S. The van der Waals surface area contributed by atoms with E-state index < -0.39 is 5.97 Å². The Balaban J connectivity index is 1.72. The Morgan fingerprint density at radius 1 is 1.37 bits per heavy atom. The number of carbonyl (C=O) groups excluding carboxylic acids is 1. The molecule has 0 saturated heterocycles. The highest BCUT2D eigenvalue weighted by atomic mass is 32.1. The van der Waals surface area contributed by atoms with Gasteiger partial charge in [-0.2, -0.15) is 0 Å². The van der Waals surface area contributed by atoms with E-state index in [0.717, 1.165) is 19.4 Å². The van der Waals surface area contributed by atoms with Crippen molar-refractivity contribution in [3.63, 3.8) is 0 Å². The lowest BCUT2D eigenvalue weighted by Gasteiger charge is -2.31. The molecule has 0 atom stereocenters. The number of methoxy groups -OCH3 is 1. The lowest BCUT2D eigenvalue weighted by atomic mass is 9.99. The van der Waals surface area contributed by atoms with Crippen molar-refractivity contribution in [2.45, 2.75) is 33.2 Å². The van der Waals surface area contributed by atoms with Crippen LogP contribution >= 0.6 is 11.3 Å². The summed E-state index contributed by atoms with van der Waals surface area (Å²) < 4.78 is 4.81. The van der Waals surface area contributed by atoms with Gasteiger partial charge in [-0.15, -0.1) is 11.3 Å². The predicted octanol–water partition coefficient (Wildman–Crippen LogP) is 3.34. The van der Waals surface area contributed by atoms with Gasteiger partial charge in [0.15, 0.2) is 0 Å². The van der Waals surface area contributed by atoms with Gasteiger partial charge in [-0.3, -0.25) is 4.79 Å². The third-order valence-electron chi connectivity index (χ3n) is 5.01. The van der Waals surface area contributed by atoms with Gasteiger partial charge in [-0.05, 0) is 43.9 Å².